The van der Waals surface area contributed by atoms with Gasteiger partial charge in [0.25, 0.3) is 5.91 Å². The van der Waals surface area contributed by atoms with Crippen molar-refractivity contribution in [2.24, 2.45) is 11.1 Å². The van der Waals surface area contributed by atoms with Gasteiger partial charge in [0.15, 0.2) is 0 Å². The van der Waals surface area contributed by atoms with Crippen LogP contribution < -0.4 is 5.73 Å². The molecule has 6 rings (SSSR count). The molecule has 198 valence electrons. The van der Waals surface area contributed by atoms with Crippen LogP contribution in [0, 0.1) is 11.2 Å². The van der Waals surface area contributed by atoms with Crippen LogP contribution in [0.15, 0.2) is 43.2 Å². The lowest BCUT2D eigenvalue weighted by atomic mass is 9.63. The van der Waals surface area contributed by atoms with Gasteiger partial charge >= 0.3 is 0 Å². The van der Waals surface area contributed by atoms with Crippen molar-refractivity contribution in [3.63, 3.8) is 0 Å². The largest absolute Gasteiger partial charge is 0.346 e. The van der Waals surface area contributed by atoms with Crippen LogP contribution in [-0.2, 0) is 6.54 Å². The maximum atomic E-state index is 13.6. The first kappa shape index (κ1) is 24.9. The standard InChI is InChI=1S/C26H29ClFN9O/c27-23-21(9-18(28)13-31-23)25(38)36-7-5-35(6-8-36)19-10-26(11-19,15-29)2-4-37-14-17(12-34-37)22-20-1-3-30-24(20)33-16-32-22/h1,3,9,12-14,16,19H,2,4-8,10-11,15,29H2,(H,30,32,33). The Kier molecular flexibility index (Phi) is 6.58. The van der Waals surface area contributed by atoms with Crippen LogP contribution in [-0.4, -0.2) is 84.2 Å². The number of hydrogen-bond donors (Lipinski definition) is 2. The number of rotatable bonds is 7. The highest BCUT2D eigenvalue weighted by Gasteiger charge is 2.45. The maximum Gasteiger partial charge on any atom is 0.257 e. The van der Waals surface area contributed by atoms with Gasteiger partial charge in [0.2, 0.25) is 0 Å². The average molecular weight is 538 g/mol. The van der Waals surface area contributed by atoms with Gasteiger partial charge in [-0.3, -0.25) is 14.4 Å². The van der Waals surface area contributed by atoms with Crippen LogP contribution in [0.25, 0.3) is 22.3 Å². The third-order valence-corrected chi connectivity index (χ3v) is 8.36. The van der Waals surface area contributed by atoms with Crippen molar-refractivity contribution >= 4 is 28.5 Å². The monoisotopic (exact) mass is 537 g/mol. The van der Waals surface area contributed by atoms with E-state index < -0.39 is 5.82 Å². The highest BCUT2D eigenvalue weighted by molar-refractivity contribution is 6.32. The molecule has 12 heteroatoms. The van der Waals surface area contributed by atoms with Gasteiger partial charge in [0.1, 0.15) is 22.9 Å². The number of piperazine rings is 1. The molecule has 1 saturated carbocycles. The number of halogens is 2. The summed E-state index contributed by atoms with van der Waals surface area (Å²) >= 11 is 6.03. The molecule has 4 aromatic rings. The van der Waals surface area contributed by atoms with Gasteiger partial charge in [-0.25, -0.2) is 19.3 Å². The van der Waals surface area contributed by atoms with E-state index in [1.54, 1.807) is 11.2 Å². The first-order valence-corrected chi connectivity index (χ1v) is 13.2. The van der Waals surface area contributed by atoms with E-state index in [0.29, 0.717) is 25.7 Å². The lowest BCUT2D eigenvalue weighted by Crippen LogP contribution is -2.59. The van der Waals surface area contributed by atoms with Gasteiger partial charge in [-0.05, 0) is 43.4 Å². The van der Waals surface area contributed by atoms with Gasteiger partial charge in [0.05, 0.1) is 23.7 Å². The topological polar surface area (TPSA) is 122 Å². The number of pyridine rings is 1. The summed E-state index contributed by atoms with van der Waals surface area (Å²) in [5.41, 5.74) is 9.10. The summed E-state index contributed by atoms with van der Waals surface area (Å²) in [5.74, 6) is -0.841. The predicted molar refractivity (Wildman–Crippen MR) is 141 cm³/mol. The second kappa shape index (κ2) is 10.0. The van der Waals surface area contributed by atoms with E-state index in [-0.39, 0.29) is 22.0 Å². The van der Waals surface area contributed by atoms with Crippen LogP contribution in [0.5, 0.6) is 0 Å². The van der Waals surface area contributed by atoms with Crippen molar-refractivity contribution in [1.82, 2.24) is 39.5 Å². The van der Waals surface area contributed by atoms with Crippen molar-refractivity contribution in [1.29, 1.82) is 0 Å². The molecule has 1 amide bonds. The summed E-state index contributed by atoms with van der Waals surface area (Å²) in [6.07, 6.45) is 11.3. The minimum absolute atomic E-state index is 0.0321. The van der Waals surface area contributed by atoms with Crippen LogP contribution in [0.3, 0.4) is 0 Å². The number of H-pyrrole nitrogens is 1. The Hall–Kier alpha value is -3.41. The Morgan fingerprint density at radius 3 is 2.79 bits per heavy atom. The molecular weight excluding hydrogens is 509 g/mol. The fraction of sp³-hybridized carbons (Fsp3) is 0.423. The average Bonchev–Trinajstić information content (AvgIpc) is 3.59. The second-order valence-corrected chi connectivity index (χ2v) is 10.6. The molecule has 0 spiro atoms. The third kappa shape index (κ3) is 4.65. The van der Waals surface area contributed by atoms with Crippen molar-refractivity contribution in [3.8, 4) is 11.3 Å². The van der Waals surface area contributed by atoms with Crippen molar-refractivity contribution in [3.05, 3.63) is 59.8 Å². The molecule has 4 aromatic heterocycles. The quantitative estimate of drug-likeness (QED) is 0.347. The number of aryl methyl sites for hydroxylation is 1. The zero-order chi connectivity index (χ0) is 26.3. The number of nitrogens with zero attached hydrogens (tertiary/aromatic N) is 7. The van der Waals surface area contributed by atoms with E-state index >= 15 is 0 Å². The molecule has 2 aliphatic rings. The minimum atomic E-state index is -0.567. The highest BCUT2D eigenvalue weighted by Crippen LogP contribution is 2.46. The normalized spacial score (nSPS) is 22.1. The van der Waals surface area contributed by atoms with Crippen molar-refractivity contribution < 1.29 is 9.18 Å². The molecule has 0 radical (unpaired) electrons. The van der Waals surface area contributed by atoms with Gasteiger partial charge in [-0.2, -0.15) is 5.10 Å². The zero-order valence-corrected chi connectivity index (χ0v) is 21.6. The molecular formula is C26H29ClFN9O. The Morgan fingerprint density at radius 2 is 2.00 bits per heavy atom. The Labute approximate surface area is 224 Å². The molecule has 2 fully saturated rings. The number of carbonyl (C=O) groups excluding carboxylic acids is 1. The Morgan fingerprint density at radius 1 is 1.18 bits per heavy atom. The molecule has 5 heterocycles. The van der Waals surface area contributed by atoms with E-state index in [1.807, 2.05) is 29.3 Å². The van der Waals surface area contributed by atoms with Crippen LogP contribution in [0.4, 0.5) is 4.39 Å². The first-order chi connectivity index (χ1) is 18.4. The maximum absolute atomic E-state index is 13.6. The van der Waals surface area contributed by atoms with Crippen LogP contribution in [0.1, 0.15) is 29.6 Å². The number of carbonyl (C=O) groups is 1. The van der Waals surface area contributed by atoms with E-state index in [9.17, 15) is 9.18 Å². The van der Waals surface area contributed by atoms with Crippen LogP contribution >= 0.6 is 11.6 Å². The molecule has 0 atom stereocenters. The van der Waals surface area contributed by atoms with E-state index in [1.165, 1.54) is 0 Å². The Bertz CT molecular complexity index is 1460. The number of nitrogens with two attached hydrogens (primary N) is 1. The first-order valence-electron chi connectivity index (χ1n) is 12.8. The molecule has 3 N–H and O–H groups in total. The molecule has 1 aliphatic heterocycles. The highest BCUT2D eigenvalue weighted by atomic mass is 35.5. The molecule has 1 saturated heterocycles. The molecule has 0 aromatic carbocycles. The number of hydrogen-bond acceptors (Lipinski definition) is 7. The molecule has 0 bridgehead atoms. The Balaban J connectivity index is 1.02. The summed E-state index contributed by atoms with van der Waals surface area (Å²) in [6.45, 7) is 4.11. The summed E-state index contributed by atoms with van der Waals surface area (Å²) in [6, 6.07) is 3.58. The molecule has 1 aliphatic carbocycles. The lowest BCUT2D eigenvalue weighted by Gasteiger charge is -2.53. The van der Waals surface area contributed by atoms with Crippen molar-refractivity contribution in [2.45, 2.75) is 31.8 Å². The smallest absolute Gasteiger partial charge is 0.257 e. The molecule has 38 heavy (non-hydrogen) atoms. The summed E-state index contributed by atoms with van der Waals surface area (Å²) in [7, 11) is 0. The fourth-order valence-electron chi connectivity index (χ4n) is 5.77. The summed E-state index contributed by atoms with van der Waals surface area (Å²) in [5, 5.41) is 5.58. The van der Waals surface area contributed by atoms with Gasteiger partial charge in [0, 0.05) is 62.1 Å². The lowest BCUT2D eigenvalue weighted by molar-refractivity contribution is -0.0216. The number of nitrogens with one attached hydrogen (secondary N) is 1. The minimum Gasteiger partial charge on any atom is -0.346 e. The number of amides is 1. The van der Waals surface area contributed by atoms with Crippen LogP contribution in [0.2, 0.25) is 5.15 Å². The van der Waals surface area contributed by atoms with Crippen molar-refractivity contribution in [2.75, 3.05) is 32.7 Å². The summed E-state index contributed by atoms with van der Waals surface area (Å²) < 4.78 is 15.5. The zero-order valence-electron chi connectivity index (χ0n) is 20.9. The fourth-order valence-corrected chi connectivity index (χ4v) is 5.95. The van der Waals surface area contributed by atoms with E-state index in [0.717, 1.165) is 73.5 Å². The van der Waals surface area contributed by atoms with Gasteiger partial charge in [-0.15, -0.1) is 0 Å². The van der Waals surface area contributed by atoms with Gasteiger partial charge in [-0.1, -0.05) is 11.6 Å². The third-order valence-electron chi connectivity index (χ3n) is 8.06. The molecule has 0 unspecified atom stereocenters. The molecule has 10 nitrogen and oxygen atoms in total. The SMILES string of the molecule is NCC1(CCn2cc(-c3ncnc4[nH]ccc34)cn2)CC(N2CCN(C(=O)c3cc(F)cnc3Cl)CC2)C1. The van der Waals surface area contributed by atoms with E-state index in [2.05, 4.69) is 29.9 Å². The van der Waals surface area contributed by atoms with E-state index in [4.69, 9.17) is 17.3 Å². The predicted octanol–water partition coefficient (Wildman–Crippen LogP) is 2.96. The second-order valence-electron chi connectivity index (χ2n) is 10.3. The number of fused-ring (bicyclic) bond motifs is 1. The summed E-state index contributed by atoms with van der Waals surface area (Å²) in [4.78, 5) is 32.6. The number of aromatic amines is 1. The van der Waals surface area contributed by atoms with Gasteiger partial charge < -0.3 is 15.6 Å². The number of aromatic nitrogens is 6.